The molecule has 4 rings (SSSR count). The van der Waals surface area contributed by atoms with E-state index in [9.17, 15) is 0 Å². The van der Waals surface area contributed by atoms with Crippen LogP contribution in [0.1, 0.15) is 79.1 Å². The average Bonchev–Trinajstić information content (AvgIpc) is 2.85. The van der Waals surface area contributed by atoms with Crippen LogP contribution in [-0.2, 0) is 0 Å². The van der Waals surface area contributed by atoms with E-state index in [1.165, 1.54) is 56.9 Å². The molecule has 0 aromatic heterocycles. The van der Waals surface area contributed by atoms with Gasteiger partial charge in [-0.15, -0.1) is 0 Å². The van der Waals surface area contributed by atoms with Crippen molar-refractivity contribution >= 4 is 0 Å². The van der Waals surface area contributed by atoms with Gasteiger partial charge in [-0.25, -0.2) is 0 Å². The second-order valence-corrected chi connectivity index (χ2v) is 9.63. The molecular weight excluding hydrogens is 292 g/mol. The minimum absolute atomic E-state index is 0. The molecule has 24 heavy (non-hydrogen) atoms. The van der Waals surface area contributed by atoms with Gasteiger partial charge in [0.25, 0.3) is 0 Å². The topological polar surface area (TPSA) is 31.5 Å². The predicted octanol–water partition coefficient (Wildman–Crippen LogP) is 6.02. The standard InChI is InChI=1S/C23H34.H2O/c1-15(2)19-8-9-20-18-7-6-17-14-16(3)10-12-22(17,4)21(18)11-13-23(19,20)5;/h14,18,20-21H,3,6-13H2,1-2,4-5H3;1H2. The Morgan fingerprint density at radius 1 is 0.958 bits per heavy atom. The van der Waals surface area contributed by atoms with Crippen LogP contribution in [0, 0.1) is 28.6 Å². The molecule has 3 saturated carbocycles. The van der Waals surface area contributed by atoms with E-state index in [0.717, 1.165) is 17.8 Å². The average molecular weight is 329 g/mol. The summed E-state index contributed by atoms with van der Waals surface area (Å²) in [5.74, 6) is 2.86. The van der Waals surface area contributed by atoms with Gasteiger partial charge in [-0.05, 0) is 93.8 Å². The minimum atomic E-state index is 0. The number of hydrogen-bond acceptors (Lipinski definition) is 0. The third-order valence-electron chi connectivity index (χ3n) is 8.47. The summed E-state index contributed by atoms with van der Waals surface area (Å²) in [7, 11) is 0. The van der Waals surface area contributed by atoms with Crippen molar-refractivity contribution in [2.75, 3.05) is 0 Å². The Balaban J connectivity index is 0.00000169. The lowest BCUT2D eigenvalue weighted by Crippen LogP contribution is -2.49. The lowest BCUT2D eigenvalue weighted by molar-refractivity contribution is -0.0240. The Hall–Kier alpha value is -0.820. The van der Waals surface area contributed by atoms with Gasteiger partial charge in [0, 0.05) is 0 Å². The predicted molar refractivity (Wildman–Crippen MR) is 103 cm³/mol. The fourth-order valence-electron chi connectivity index (χ4n) is 7.28. The molecule has 4 aliphatic rings. The fraction of sp³-hybridized carbons (Fsp3) is 0.739. The first-order valence-corrected chi connectivity index (χ1v) is 9.92. The van der Waals surface area contributed by atoms with Gasteiger partial charge >= 0.3 is 0 Å². The van der Waals surface area contributed by atoms with Gasteiger partial charge in [0.15, 0.2) is 0 Å². The molecule has 1 heteroatoms. The Morgan fingerprint density at radius 3 is 2.38 bits per heavy atom. The lowest BCUT2D eigenvalue weighted by Gasteiger charge is -2.57. The van der Waals surface area contributed by atoms with Gasteiger partial charge in [0.1, 0.15) is 0 Å². The maximum Gasteiger partial charge on any atom is -0.00790 e. The van der Waals surface area contributed by atoms with E-state index in [2.05, 4.69) is 40.3 Å². The van der Waals surface area contributed by atoms with Crippen molar-refractivity contribution in [3.05, 3.63) is 34.9 Å². The second-order valence-electron chi connectivity index (χ2n) is 9.63. The molecule has 0 bridgehead atoms. The highest BCUT2D eigenvalue weighted by molar-refractivity contribution is 5.35. The third kappa shape index (κ3) is 2.30. The van der Waals surface area contributed by atoms with Crippen molar-refractivity contribution in [3.63, 3.8) is 0 Å². The van der Waals surface area contributed by atoms with Crippen LogP contribution in [0.25, 0.3) is 0 Å². The smallest absolute Gasteiger partial charge is 0.00790 e. The van der Waals surface area contributed by atoms with E-state index in [1.54, 1.807) is 11.1 Å². The van der Waals surface area contributed by atoms with E-state index in [4.69, 9.17) is 0 Å². The molecule has 2 N–H and O–H groups in total. The number of rotatable bonds is 0. The number of fused-ring (bicyclic) bond motifs is 5. The first-order chi connectivity index (χ1) is 10.9. The Morgan fingerprint density at radius 2 is 1.67 bits per heavy atom. The van der Waals surface area contributed by atoms with Gasteiger partial charge < -0.3 is 5.48 Å². The van der Waals surface area contributed by atoms with Crippen molar-refractivity contribution in [2.24, 2.45) is 28.6 Å². The molecule has 5 atom stereocenters. The minimum Gasteiger partial charge on any atom is -0.412 e. The van der Waals surface area contributed by atoms with E-state index < -0.39 is 0 Å². The van der Waals surface area contributed by atoms with Gasteiger partial charge in [0.2, 0.25) is 0 Å². The molecule has 134 valence electrons. The van der Waals surface area contributed by atoms with Crippen molar-refractivity contribution in [2.45, 2.75) is 79.1 Å². The molecule has 0 saturated heterocycles. The van der Waals surface area contributed by atoms with E-state index >= 15 is 0 Å². The van der Waals surface area contributed by atoms with Crippen molar-refractivity contribution < 1.29 is 5.48 Å². The fourth-order valence-corrected chi connectivity index (χ4v) is 7.28. The van der Waals surface area contributed by atoms with Crippen molar-refractivity contribution in [1.29, 1.82) is 0 Å². The molecule has 1 nitrogen and oxygen atoms in total. The lowest BCUT2D eigenvalue weighted by atomic mass is 9.47. The molecule has 0 aliphatic heterocycles. The summed E-state index contributed by atoms with van der Waals surface area (Å²) in [6, 6.07) is 0. The van der Waals surface area contributed by atoms with Gasteiger partial charge in [-0.1, -0.05) is 48.8 Å². The highest BCUT2D eigenvalue weighted by atomic mass is 16.0. The molecule has 0 radical (unpaired) electrons. The van der Waals surface area contributed by atoms with Crippen LogP contribution >= 0.6 is 0 Å². The summed E-state index contributed by atoms with van der Waals surface area (Å²) in [6.45, 7) is 14.2. The van der Waals surface area contributed by atoms with Gasteiger partial charge in [0.05, 0.1) is 0 Å². The molecule has 0 aromatic rings. The highest BCUT2D eigenvalue weighted by Crippen LogP contribution is 2.67. The quantitative estimate of drug-likeness (QED) is 0.487. The normalized spacial score (nSPS) is 44.0. The third-order valence-corrected chi connectivity index (χ3v) is 8.47. The van der Waals surface area contributed by atoms with Crippen LogP contribution in [-0.4, -0.2) is 5.48 Å². The summed E-state index contributed by atoms with van der Waals surface area (Å²) in [5, 5.41) is 0. The monoisotopic (exact) mass is 328 g/mol. The SMILES string of the molecule is C=C1C=C2CCC3C(CCC4(C)C(=C(C)C)CCC34)C2(C)CC1.O. The molecule has 0 spiro atoms. The zero-order valence-electron chi connectivity index (χ0n) is 16.2. The second kappa shape index (κ2) is 5.87. The summed E-state index contributed by atoms with van der Waals surface area (Å²) in [4.78, 5) is 0. The molecule has 3 fully saturated rings. The maximum absolute atomic E-state index is 4.25. The zero-order chi connectivity index (χ0) is 16.4. The molecule has 0 amide bonds. The van der Waals surface area contributed by atoms with Crippen LogP contribution in [0.4, 0.5) is 0 Å². The Labute approximate surface area is 148 Å². The van der Waals surface area contributed by atoms with Crippen LogP contribution in [0.3, 0.4) is 0 Å². The Bertz CT molecular complexity index is 606. The Kier molecular flexibility index (Phi) is 4.40. The van der Waals surface area contributed by atoms with Crippen LogP contribution in [0.5, 0.6) is 0 Å². The first kappa shape index (κ1) is 18.0. The molecule has 4 aliphatic carbocycles. The molecular formula is C23H36O. The summed E-state index contributed by atoms with van der Waals surface area (Å²) < 4.78 is 0. The largest absolute Gasteiger partial charge is 0.412 e. The summed E-state index contributed by atoms with van der Waals surface area (Å²) >= 11 is 0. The molecule has 5 unspecified atom stereocenters. The van der Waals surface area contributed by atoms with E-state index in [-0.39, 0.29) is 5.48 Å². The van der Waals surface area contributed by atoms with Crippen LogP contribution < -0.4 is 0 Å². The van der Waals surface area contributed by atoms with Crippen molar-refractivity contribution in [3.8, 4) is 0 Å². The maximum atomic E-state index is 4.25. The molecule has 0 aromatic carbocycles. The summed E-state index contributed by atoms with van der Waals surface area (Å²) in [5.41, 5.74) is 7.58. The van der Waals surface area contributed by atoms with Gasteiger partial charge in [-0.3, -0.25) is 0 Å². The van der Waals surface area contributed by atoms with E-state index in [0.29, 0.717) is 10.8 Å². The van der Waals surface area contributed by atoms with Crippen LogP contribution in [0.2, 0.25) is 0 Å². The highest BCUT2D eigenvalue weighted by Gasteiger charge is 2.57. The van der Waals surface area contributed by atoms with Crippen molar-refractivity contribution in [1.82, 2.24) is 0 Å². The first-order valence-electron chi connectivity index (χ1n) is 9.92. The van der Waals surface area contributed by atoms with E-state index in [1.807, 2.05) is 5.57 Å². The van der Waals surface area contributed by atoms with Gasteiger partial charge in [-0.2, -0.15) is 0 Å². The zero-order valence-corrected chi connectivity index (χ0v) is 16.2. The molecule has 0 heterocycles. The summed E-state index contributed by atoms with van der Waals surface area (Å²) in [6.07, 6.45) is 13.6. The number of allylic oxidation sites excluding steroid dienone is 5. The van der Waals surface area contributed by atoms with Crippen LogP contribution in [0.15, 0.2) is 34.9 Å². The number of hydrogen-bond donors (Lipinski definition) is 0.